The van der Waals surface area contributed by atoms with Gasteiger partial charge < -0.3 is 0 Å². The molecule has 0 saturated heterocycles. The van der Waals surface area contributed by atoms with Crippen LogP contribution in [0.15, 0.2) is 55.1 Å². The average molecular weight is 225 g/mol. The summed E-state index contributed by atoms with van der Waals surface area (Å²) in [5.74, 6) is 0. The molecule has 0 bridgehead atoms. The normalized spacial score (nSPS) is 9.88. The van der Waals surface area contributed by atoms with Gasteiger partial charge in [-0.3, -0.25) is 10.1 Å². The Bertz CT molecular complexity index is 541. The van der Waals surface area contributed by atoms with Crippen molar-refractivity contribution in [1.82, 2.24) is 0 Å². The lowest BCUT2D eigenvalue weighted by Gasteiger charge is -2.01. The molecule has 3 nitrogen and oxygen atoms in total. The maximum Gasteiger partial charge on any atom is 0.269 e. The second-order valence-corrected chi connectivity index (χ2v) is 3.63. The van der Waals surface area contributed by atoms with Crippen LogP contribution in [0.1, 0.15) is 5.56 Å². The van der Waals surface area contributed by atoms with Crippen LogP contribution in [0.4, 0.5) is 5.69 Å². The highest BCUT2D eigenvalue weighted by Crippen LogP contribution is 2.22. The Morgan fingerprint density at radius 3 is 1.82 bits per heavy atom. The number of nitro groups is 1. The van der Waals surface area contributed by atoms with Crippen molar-refractivity contribution in [3.63, 3.8) is 0 Å². The van der Waals surface area contributed by atoms with Crippen LogP contribution >= 0.6 is 0 Å². The number of non-ortho nitro benzene ring substituents is 1. The summed E-state index contributed by atoms with van der Waals surface area (Å²) in [6, 6.07) is 14.4. The van der Waals surface area contributed by atoms with Crippen molar-refractivity contribution in [2.75, 3.05) is 0 Å². The molecule has 0 spiro atoms. The minimum absolute atomic E-state index is 0.108. The molecule has 0 saturated carbocycles. The third-order valence-electron chi connectivity index (χ3n) is 2.56. The van der Waals surface area contributed by atoms with Gasteiger partial charge in [0.1, 0.15) is 0 Å². The summed E-state index contributed by atoms with van der Waals surface area (Å²) in [5.41, 5.74) is 3.16. The first-order valence-electron chi connectivity index (χ1n) is 5.18. The van der Waals surface area contributed by atoms with Gasteiger partial charge in [0.25, 0.3) is 5.69 Å². The van der Waals surface area contributed by atoms with E-state index in [-0.39, 0.29) is 5.69 Å². The molecule has 0 atom stereocenters. The number of hydrogen-bond acceptors (Lipinski definition) is 2. The Kier molecular flexibility index (Phi) is 3.01. The number of rotatable bonds is 3. The van der Waals surface area contributed by atoms with E-state index in [0.29, 0.717) is 0 Å². The van der Waals surface area contributed by atoms with Crippen molar-refractivity contribution in [3.8, 4) is 11.1 Å². The van der Waals surface area contributed by atoms with E-state index in [4.69, 9.17) is 0 Å². The van der Waals surface area contributed by atoms with Crippen molar-refractivity contribution >= 4 is 11.8 Å². The molecule has 2 rings (SSSR count). The molecule has 17 heavy (non-hydrogen) atoms. The summed E-state index contributed by atoms with van der Waals surface area (Å²) < 4.78 is 0. The van der Waals surface area contributed by atoms with Crippen molar-refractivity contribution in [2.45, 2.75) is 0 Å². The van der Waals surface area contributed by atoms with Crippen molar-refractivity contribution < 1.29 is 4.92 Å². The van der Waals surface area contributed by atoms with Crippen molar-refractivity contribution in [3.05, 3.63) is 70.8 Å². The highest BCUT2D eigenvalue weighted by molar-refractivity contribution is 5.66. The lowest BCUT2D eigenvalue weighted by Crippen LogP contribution is -1.87. The van der Waals surface area contributed by atoms with Crippen LogP contribution in [-0.2, 0) is 0 Å². The number of benzene rings is 2. The molecule has 0 fully saturated rings. The minimum Gasteiger partial charge on any atom is -0.258 e. The lowest BCUT2D eigenvalue weighted by atomic mass is 10.0. The molecular weight excluding hydrogens is 214 g/mol. The first-order chi connectivity index (χ1) is 8.20. The van der Waals surface area contributed by atoms with E-state index in [1.54, 1.807) is 18.2 Å². The molecule has 3 heteroatoms. The van der Waals surface area contributed by atoms with Gasteiger partial charge in [-0.15, -0.1) is 0 Å². The molecule has 2 aromatic rings. The summed E-state index contributed by atoms with van der Waals surface area (Å²) in [4.78, 5) is 10.1. The van der Waals surface area contributed by atoms with Crippen LogP contribution in [0.5, 0.6) is 0 Å². The number of nitrogens with zero attached hydrogens (tertiary/aromatic N) is 1. The van der Waals surface area contributed by atoms with E-state index in [2.05, 4.69) is 6.58 Å². The van der Waals surface area contributed by atoms with E-state index in [0.717, 1.165) is 16.7 Å². The standard InChI is InChI=1S/C14H11NO2/c1-2-11-3-5-12(6-4-11)13-7-9-14(10-8-13)15(16)17/h2-10H,1H2. The molecule has 0 aromatic heterocycles. The smallest absolute Gasteiger partial charge is 0.258 e. The summed E-state index contributed by atoms with van der Waals surface area (Å²) in [5, 5.41) is 10.5. The van der Waals surface area contributed by atoms with Gasteiger partial charge in [-0.05, 0) is 28.8 Å². The molecule has 0 amide bonds. The molecule has 0 aliphatic rings. The maximum absolute atomic E-state index is 10.5. The van der Waals surface area contributed by atoms with Gasteiger partial charge in [-0.2, -0.15) is 0 Å². The van der Waals surface area contributed by atoms with Crippen LogP contribution in [0.2, 0.25) is 0 Å². The van der Waals surface area contributed by atoms with E-state index in [1.165, 1.54) is 12.1 Å². The molecule has 0 N–H and O–H groups in total. The first kappa shape index (κ1) is 11.1. The fourth-order valence-corrected chi connectivity index (χ4v) is 1.59. The quantitative estimate of drug-likeness (QED) is 0.587. The Morgan fingerprint density at radius 1 is 0.941 bits per heavy atom. The van der Waals surface area contributed by atoms with Gasteiger partial charge in [-0.25, -0.2) is 0 Å². The Labute approximate surface area is 99.2 Å². The topological polar surface area (TPSA) is 43.1 Å². The van der Waals surface area contributed by atoms with Crippen LogP contribution in [0.3, 0.4) is 0 Å². The zero-order valence-corrected chi connectivity index (χ0v) is 9.17. The largest absolute Gasteiger partial charge is 0.269 e. The van der Waals surface area contributed by atoms with Gasteiger partial charge >= 0.3 is 0 Å². The maximum atomic E-state index is 10.5. The minimum atomic E-state index is -0.398. The van der Waals surface area contributed by atoms with Gasteiger partial charge in [-0.1, -0.05) is 36.9 Å². The van der Waals surface area contributed by atoms with Crippen LogP contribution in [0.25, 0.3) is 17.2 Å². The Hall–Kier alpha value is -2.42. The molecule has 0 heterocycles. The van der Waals surface area contributed by atoms with E-state index in [1.807, 2.05) is 24.3 Å². The van der Waals surface area contributed by atoms with Gasteiger partial charge in [0, 0.05) is 12.1 Å². The fourth-order valence-electron chi connectivity index (χ4n) is 1.59. The summed E-state index contributed by atoms with van der Waals surface area (Å²) in [6.07, 6.45) is 1.78. The van der Waals surface area contributed by atoms with Crippen LogP contribution in [0, 0.1) is 10.1 Å². The third kappa shape index (κ3) is 2.39. The van der Waals surface area contributed by atoms with E-state index < -0.39 is 4.92 Å². The summed E-state index contributed by atoms with van der Waals surface area (Å²) in [6.45, 7) is 3.69. The third-order valence-corrected chi connectivity index (χ3v) is 2.56. The molecule has 0 unspecified atom stereocenters. The zero-order valence-electron chi connectivity index (χ0n) is 9.17. The Balaban J connectivity index is 2.32. The van der Waals surface area contributed by atoms with Gasteiger partial charge in [0.2, 0.25) is 0 Å². The summed E-state index contributed by atoms with van der Waals surface area (Å²) >= 11 is 0. The van der Waals surface area contributed by atoms with Crippen molar-refractivity contribution in [1.29, 1.82) is 0 Å². The van der Waals surface area contributed by atoms with Crippen LogP contribution < -0.4 is 0 Å². The predicted molar refractivity (Wildman–Crippen MR) is 68.6 cm³/mol. The first-order valence-corrected chi connectivity index (χ1v) is 5.18. The molecule has 84 valence electrons. The number of hydrogen-bond donors (Lipinski definition) is 0. The van der Waals surface area contributed by atoms with Gasteiger partial charge in [0.15, 0.2) is 0 Å². The average Bonchev–Trinajstić information content (AvgIpc) is 2.39. The zero-order chi connectivity index (χ0) is 12.3. The second-order valence-electron chi connectivity index (χ2n) is 3.63. The molecular formula is C14H11NO2. The molecule has 0 radical (unpaired) electrons. The monoisotopic (exact) mass is 225 g/mol. The van der Waals surface area contributed by atoms with Crippen molar-refractivity contribution in [2.24, 2.45) is 0 Å². The predicted octanol–water partition coefficient (Wildman–Crippen LogP) is 3.90. The van der Waals surface area contributed by atoms with E-state index >= 15 is 0 Å². The SMILES string of the molecule is C=Cc1ccc(-c2ccc([N+](=O)[O-])cc2)cc1. The highest BCUT2D eigenvalue weighted by Gasteiger charge is 2.04. The highest BCUT2D eigenvalue weighted by atomic mass is 16.6. The molecule has 2 aromatic carbocycles. The summed E-state index contributed by atoms with van der Waals surface area (Å²) in [7, 11) is 0. The van der Waals surface area contributed by atoms with Crippen LogP contribution in [-0.4, -0.2) is 4.92 Å². The number of nitro benzene ring substituents is 1. The molecule has 0 aliphatic carbocycles. The fraction of sp³-hybridized carbons (Fsp3) is 0. The second kappa shape index (κ2) is 4.61. The molecule has 0 aliphatic heterocycles. The van der Waals surface area contributed by atoms with Gasteiger partial charge in [0.05, 0.1) is 4.92 Å². The lowest BCUT2D eigenvalue weighted by molar-refractivity contribution is -0.384. The van der Waals surface area contributed by atoms with E-state index in [9.17, 15) is 10.1 Å². The Morgan fingerprint density at radius 2 is 1.41 bits per heavy atom.